The summed E-state index contributed by atoms with van der Waals surface area (Å²) in [4.78, 5) is 15.5. The topological polar surface area (TPSA) is 41.6 Å². The van der Waals surface area contributed by atoms with E-state index < -0.39 is 0 Å². The highest BCUT2D eigenvalue weighted by Crippen LogP contribution is 2.60. The van der Waals surface area contributed by atoms with Gasteiger partial charge in [0.05, 0.1) is 12.7 Å². The van der Waals surface area contributed by atoms with Crippen LogP contribution in [0.25, 0.3) is 0 Å². The molecule has 0 aromatic heterocycles. The molecule has 4 aliphatic carbocycles. The molecule has 5 fully saturated rings. The lowest BCUT2D eigenvalue weighted by Crippen LogP contribution is -2.53. The smallest absolute Gasteiger partial charge is 0.226 e. The van der Waals surface area contributed by atoms with Crippen molar-refractivity contribution in [3.63, 3.8) is 0 Å². The SMILES string of the molecule is O=C(NCCCN1CCO[C@@H](c2ccccc2)C1)C12CC3CC(CC(C3)C1)C2. The molecule has 1 aliphatic heterocycles. The first-order valence-electron chi connectivity index (χ1n) is 11.4. The number of morpholine rings is 1. The summed E-state index contributed by atoms with van der Waals surface area (Å²) in [5, 5.41) is 3.33. The lowest BCUT2D eigenvalue weighted by atomic mass is 9.49. The van der Waals surface area contributed by atoms with Gasteiger partial charge in [0.2, 0.25) is 5.91 Å². The molecule has 1 N–H and O–H groups in total. The Balaban J connectivity index is 1.08. The number of nitrogens with zero attached hydrogens (tertiary/aromatic N) is 1. The van der Waals surface area contributed by atoms with E-state index in [0.29, 0.717) is 5.91 Å². The van der Waals surface area contributed by atoms with Crippen LogP contribution in [-0.2, 0) is 9.53 Å². The van der Waals surface area contributed by atoms with Gasteiger partial charge in [-0.15, -0.1) is 0 Å². The van der Waals surface area contributed by atoms with Gasteiger partial charge in [0.1, 0.15) is 0 Å². The van der Waals surface area contributed by atoms with Crippen molar-refractivity contribution < 1.29 is 9.53 Å². The van der Waals surface area contributed by atoms with Gasteiger partial charge in [-0.1, -0.05) is 30.3 Å². The van der Waals surface area contributed by atoms with Gasteiger partial charge in [-0.25, -0.2) is 0 Å². The Bertz CT molecular complexity index is 654. The number of carbonyl (C=O) groups is 1. The average molecular weight is 383 g/mol. The first kappa shape index (κ1) is 18.6. The standard InChI is InChI=1S/C24H34N2O2/c27-23(24-14-18-11-19(15-24)13-20(12-18)16-24)25-7-4-8-26-9-10-28-22(17-26)21-5-2-1-3-6-21/h1-3,5-6,18-20,22H,4,7-17H2,(H,25,27)/t18?,19?,20?,22-,24?/m1/s1. The van der Waals surface area contributed by atoms with Gasteiger partial charge in [0.15, 0.2) is 0 Å². The van der Waals surface area contributed by atoms with E-state index in [1.807, 2.05) is 0 Å². The molecule has 1 saturated heterocycles. The number of rotatable bonds is 6. The van der Waals surface area contributed by atoms with Gasteiger partial charge in [-0.2, -0.15) is 0 Å². The second-order valence-electron chi connectivity index (χ2n) is 9.88. The summed E-state index contributed by atoms with van der Waals surface area (Å²) in [7, 11) is 0. The lowest BCUT2D eigenvalue weighted by Gasteiger charge is -2.55. The minimum atomic E-state index is -0.00782. The van der Waals surface area contributed by atoms with Crippen LogP contribution >= 0.6 is 0 Å². The van der Waals surface area contributed by atoms with E-state index in [-0.39, 0.29) is 11.5 Å². The number of benzene rings is 1. The fourth-order valence-corrected chi connectivity index (χ4v) is 6.86. The number of carbonyl (C=O) groups excluding carboxylic acids is 1. The van der Waals surface area contributed by atoms with Crippen molar-refractivity contribution in [2.45, 2.75) is 51.0 Å². The third-order valence-electron chi connectivity index (χ3n) is 7.78. The Hall–Kier alpha value is -1.39. The van der Waals surface area contributed by atoms with Gasteiger partial charge >= 0.3 is 0 Å². The molecule has 28 heavy (non-hydrogen) atoms. The Kier molecular flexibility index (Phi) is 5.18. The molecule has 1 aromatic rings. The number of hydrogen-bond donors (Lipinski definition) is 1. The monoisotopic (exact) mass is 382 g/mol. The van der Waals surface area contributed by atoms with Gasteiger partial charge in [0, 0.05) is 31.6 Å². The third-order valence-corrected chi connectivity index (χ3v) is 7.78. The summed E-state index contributed by atoms with van der Waals surface area (Å²) in [6.07, 6.45) is 8.87. The minimum absolute atomic E-state index is 0.00782. The summed E-state index contributed by atoms with van der Waals surface area (Å²) in [6, 6.07) is 10.5. The van der Waals surface area contributed by atoms with Crippen LogP contribution in [0.5, 0.6) is 0 Å². The molecule has 5 aliphatic rings. The highest BCUT2D eigenvalue weighted by atomic mass is 16.5. The summed E-state index contributed by atoms with van der Waals surface area (Å²) < 4.78 is 5.97. The normalized spacial score (nSPS) is 37.1. The maximum absolute atomic E-state index is 13.0. The van der Waals surface area contributed by atoms with E-state index in [2.05, 4.69) is 40.5 Å². The summed E-state index contributed by atoms with van der Waals surface area (Å²) >= 11 is 0. The number of ether oxygens (including phenoxy) is 1. The number of hydrogen-bond acceptors (Lipinski definition) is 3. The van der Waals surface area contributed by atoms with Crippen LogP contribution in [-0.4, -0.2) is 43.6 Å². The fourth-order valence-electron chi connectivity index (χ4n) is 6.86. The van der Waals surface area contributed by atoms with E-state index in [4.69, 9.17) is 4.74 Å². The van der Waals surface area contributed by atoms with Gasteiger partial charge < -0.3 is 10.1 Å². The predicted octanol–water partition coefficient (Wildman–Crippen LogP) is 3.78. The van der Waals surface area contributed by atoms with E-state index in [0.717, 1.165) is 76.2 Å². The van der Waals surface area contributed by atoms with Crippen molar-refractivity contribution in [1.29, 1.82) is 0 Å². The minimum Gasteiger partial charge on any atom is -0.371 e. The van der Waals surface area contributed by atoms with E-state index in [9.17, 15) is 4.79 Å². The molecule has 4 saturated carbocycles. The maximum Gasteiger partial charge on any atom is 0.226 e. The molecule has 1 atom stereocenters. The van der Waals surface area contributed by atoms with E-state index in [1.165, 1.54) is 24.8 Å². The highest BCUT2D eigenvalue weighted by molar-refractivity contribution is 5.83. The summed E-state index contributed by atoms with van der Waals surface area (Å²) in [5.74, 6) is 2.87. The van der Waals surface area contributed by atoms with Crippen molar-refractivity contribution in [2.24, 2.45) is 23.2 Å². The van der Waals surface area contributed by atoms with Crippen molar-refractivity contribution in [3.8, 4) is 0 Å². The maximum atomic E-state index is 13.0. The predicted molar refractivity (Wildman–Crippen MR) is 110 cm³/mol. The molecule has 1 amide bonds. The van der Waals surface area contributed by atoms with Crippen LogP contribution in [0.1, 0.15) is 56.6 Å². The first-order valence-corrected chi connectivity index (χ1v) is 11.4. The van der Waals surface area contributed by atoms with E-state index >= 15 is 0 Å². The number of nitrogens with one attached hydrogen (secondary N) is 1. The van der Waals surface area contributed by atoms with Gasteiger partial charge in [-0.3, -0.25) is 9.69 Å². The quantitative estimate of drug-likeness (QED) is 0.761. The van der Waals surface area contributed by atoms with Crippen molar-refractivity contribution in [1.82, 2.24) is 10.2 Å². The third kappa shape index (κ3) is 3.73. The molecule has 1 aromatic carbocycles. The molecule has 152 valence electrons. The van der Waals surface area contributed by atoms with Crippen LogP contribution in [0, 0.1) is 23.2 Å². The molecule has 0 radical (unpaired) electrons. The molecule has 0 spiro atoms. The zero-order valence-corrected chi connectivity index (χ0v) is 16.9. The second kappa shape index (κ2) is 7.79. The van der Waals surface area contributed by atoms with Gasteiger partial charge in [-0.05, 0) is 68.3 Å². The first-order chi connectivity index (χ1) is 13.7. The molecule has 6 rings (SSSR count). The van der Waals surface area contributed by atoms with Crippen LogP contribution in [0.2, 0.25) is 0 Å². The van der Waals surface area contributed by atoms with Crippen LogP contribution in [0.15, 0.2) is 30.3 Å². The van der Waals surface area contributed by atoms with E-state index in [1.54, 1.807) is 0 Å². The molecule has 4 nitrogen and oxygen atoms in total. The van der Waals surface area contributed by atoms with Crippen molar-refractivity contribution in [2.75, 3.05) is 32.8 Å². The average Bonchev–Trinajstić information content (AvgIpc) is 2.71. The number of amides is 1. The Labute approximate surface area is 169 Å². The molecular weight excluding hydrogens is 348 g/mol. The summed E-state index contributed by atoms with van der Waals surface area (Å²) in [6.45, 7) is 4.58. The molecule has 4 bridgehead atoms. The van der Waals surface area contributed by atoms with Crippen molar-refractivity contribution >= 4 is 5.91 Å². The Morgan fingerprint density at radius 1 is 1.07 bits per heavy atom. The molecule has 1 heterocycles. The zero-order valence-electron chi connectivity index (χ0n) is 16.9. The largest absolute Gasteiger partial charge is 0.371 e. The van der Waals surface area contributed by atoms with Crippen LogP contribution in [0.4, 0.5) is 0 Å². The molecular formula is C24H34N2O2. The lowest BCUT2D eigenvalue weighted by molar-refractivity contribution is -0.146. The van der Waals surface area contributed by atoms with Crippen molar-refractivity contribution in [3.05, 3.63) is 35.9 Å². The Morgan fingerprint density at radius 2 is 1.75 bits per heavy atom. The fraction of sp³-hybridized carbons (Fsp3) is 0.708. The second-order valence-corrected chi connectivity index (χ2v) is 9.88. The Morgan fingerprint density at radius 3 is 2.43 bits per heavy atom. The van der Waals surface area contributed by atoms with Gasteiger partial charge in [0.25, 0.3) is 0 Å². The summed E-state index contributed by atoms with van der Waals surface area (Å²) in [5.41, 5.74) is 1.26. The molecule has 0 unspecified atom stereocenters. The highest BCUT2D eigenvalue weighted by Gasteiger charge is 2.54. The zero-order chi connectivity index (χ0) is 19.0. The van der Waals surface area contributed by atoms with Crippen LogP contribution in [0.3, 0.4) is 0 Å². The molecule has 4 heteroatoms. The van der Waals surface area contributed by atoms with Crippen LogP contribution < -0.4 is 5.32 Å².